The second-order valence-corrected chi connectivity index (χ2v) is 11.8. The van der Waals surface area contributed by atoms with Gasteiger partial charge in [-0.05, 0) is 73.9 Å². The summed E-state index contributed by atoms with van der Waals surface area (Å²) in [6.07, 6.45) is 4.58. The lowest BCUT2D eigenvalue weighted by molar-refractivity contribution is 0.0983. The molecular formula is C28H27F2N5O4S. The Morgan fingerprint density at radius 1 is 1.00 bits per heavy atom. The van der Waals surface area contributed by atoms with E-state index in [4.69, 9.17) is 0 Å². The van der Waals surface area contributed by atoms with Gasteiger partial charge in [0, 0.05) is 42.8 Å². The lowest BCUT2D eigenvalue weighted by atomic mass is 10.0. The number of aliphatic hydroxyl groups excluding tert-OH is 1. The summed E-state index contributed by atoms with van der Waals surface area (Å²) in [5.41, 5.74) is 2.16. The number of hydrogen-bond donors (Lipinski definition) is 2. The summed E-state index contributed by atoms with van der Waals surface area (Å²) in [6.45, 7) is 1.76. The van der Waals surface area contributed by atoms with Crippen LogP contribution >= 0.6 is 0 Å². The highest BCUT2D eigenvalue weighted by Crippen LogP contribution is 2.38. The summed E-state index contributed by atoms with van der Waals surface area (Å²) in [4.78, 5) is 17.0. The molecule has 6 rings (SSSR count). The molecule has 2 unspecified atom stereocenters. The predicted molar refractivity (Wildman–Crippen MR) is 145 cm³/mol. The Bertz CT molecular complexity index is 1690. The third-order valence-electron chi connectivity index (χ3n) is 7.55. The van der Waals surface area contributed by atoms with Crippen LogP contribution < -0.4 is 14.5 Å². The number of halogens is 2. The van der Waals surface area contributed by atoms with Gasteiger partial charge in [0.2, 0.25) is 0 Å². The molecule has 2 atom stereocenters. The van der Waals surface area contributed by atoms with Crippen molar-refractivity contribution >= 4 is 32.8 Å². The zero-order chi connectivity index (χ0) is 28.0. The highest BCUT2D eigenvalue weighted by Gasteiger charge is 2.30. The number of nitrogens with zero attached hydrogens (tertiary/aromatic N) is 4. The van der Waals surface area contributed by atoms with Crippen molar-refractivity contribution in [2.24, 2.45) is 0 Å². The molecule has 9 nitrogen and oxygen atoms in total. The predicted octanol–water partition coefficient (Wildman–Crippen LogP) is 3.64. The third kappa shape index (κ3) is 4.88. The van der Waals surface area contributed by atoms with Crippen LogP contribution in [0.3, 0.4) is 0 Å². The molecule has 40 heavy (non-hydrogen) atoms. The Hall–Kier alpha value is -4.03. The van der Waals surface area contributed by atoms with Crippen molar-refractivity contribution in [3.8, 4) is 0 Å². The lowest BCUT2D eigenvalue weighted by Gasteiger charge is -2.27. The van der Waals surface area contributed by atoms with Crippen LogP contribution in [0.1, 0.15) is 41.2 Å². The Kier molecular flexibility index (Phi) is 6.67. The number of β-amino-alcohol motifs (C(OH)–C–C–N with tert-alkyl or cyclic N) is 1. The van der Waals surface area contributed by atoms with Gasteiger partial charge in [-0.25, -0.2) is 26.4 Å². The van der Waals surface area contributed by atoms with Gasteiger partial charge < -0.3 is 14.9 Å². The van der Waals surface area contributed by atoms with Crippen LogP contribution in [-0.4, -0.2) is 54.8 Å². The van der Waals surface area contributed by atoms with Gasteiger partial charge in [0.15, 0.2) is 0 Å². The van der Waals surface area contributed by atoms with Gasteiger partial charge in [-0.15, -0.1) is 0 Å². The van der Waals surface area contributed by atoms with Crippen LogP contribution in [0.15, 0.2) is 71.9 Å². The summed E-state index contributed by atoms with van der Waals surface area (Å²) in [5, 5.41) is 13.9. The summed E-state index contributed by atoms with van der Waals surface area (Å²) in [6, 6.07) is 12.6. The van der Waals surface area contributed by atoms with Crippen molar-refractivity contribution in [3.05, 3.63) is 89.8 Å². The first kappa shape index (κ1) is 26.2. The van der Waals surface area contributed by atoms with E-state index < -0.39 is 33.7 Å². The number of hydrogen-bond acceptors (Lipinski definition) is 7. The molecule has 2 saturated heterocycles. The van der Waals surface area contributed by atoms with E-state index >= 15 is 0 Å². The molecule has 1 amide bonds. The number of nitrogens with one attached hydrogen (secondary N) is 1. The average Bonchev–Trinajstić information content (AvgIpc) is 3.69. The van der Waals surface area contributed by atoms with E-state index in [1.807, 2.05) is 9.80 Å². The van der Waals surface area contributed by atoms with Crippen LogP contribution in [0, 0.1) is 11.6 Å². The number of carbonyl (C=O) groups is 1. The first-order chi connectivity index (χ1) is 19.2. The minimum Gasteiger partial charge on any atom is -0.391 e. The average molecular weight is 568 g/mol. The minimum atomic E-state index is -4.18. The van der Waals surface area contributed by atoms with E-state index in [0.29, 0.717) is 43.7 Å². The Morgan fingerprint density at radius 2 is 1.80 bits per heavy atom. The quantitative estimate of drug-likeness (QED) is 0.366. The van der Waals surface area contributed by atoms with Crippen LogP contribution in [-0.2, 0) is 10.0 Å². The van der Waals surface area contributed by atoms with Gasteiger partial charge in [0.05, 0.1) is 34.3 Å². The summed E-state index contributed by atoms with van der Waals surface area (Å²) in [5.74, 6) is -1.84. The molecule has 208 valence electrons. The maximum Gasteiger partial charge on any atom is 0.268 e. The van der Waals surface area contributed by atoms with Crippen molar-refractivity contribution in [1.82, 2.24) is 14.3 Å². The van der Waals surface area contributed by atoms with E-state index in [-0.39, 0.29) is 22.1 Å². The topological polar surface area (TPSA) is 107 Å². The highest BCUT2D eigenvalue weighted by molar-refractivity contribution is 7.90. The van der Waals surface area contributed by atoms with Gasteiger partial charge in [-0.3, -0.25) is 4.79 Å². The smallest absolute Gasteiger partial charge is 0.268 e. The number of sulfonamides is 1. The molecular weight excluding hydrogens is 540 g/mol. The molecule has 0 bridgehead atoms. The molecule has 12 heteroatoms. The van der Waals surface area contributed by atoms with Crippen molar-refractivity contribution in [2.75, 3.05) is 29.4 Å². The normalized spacial score (nSPS) is 19.5. The van der Waals surface area contributed by atoms with Crippen molar-refractivity contribution in [3.63, 3.8) is 0 Å². The minimum absolute atomic E-state index is 0.0563. The molecule has 2 N–H and O–H groups in total. The van der Waals surface area contributed by atoms with E-state index in [9.17, 15) is 27.1 Å². The number of amides is 1. The fraction of sp³-hybridized carbons (Fsp3) is 0.286. The molecule has 2 aromatic carbocycles. The van der Waals surface area contributed by atoms with Crippen LogP contribution in [0.25, 0.3) is 5.52 Å². The fourth-order valence-electron chi connectivity index (χ4n) is 5.54. The Labute approximate surface area is 229 Å². The second-order valence-electron chi connectivity index (χ2n) is 10.1. The van der Waals surface area contributed by atoms with Gasteiger partial charge in [0.25, 0.3) is 15.9 Å². The monoisotopic (exact) mass is 567 g/mol. The molecule has 2 aliphatic rings. The number of fused-ring (bicyclic) bond motifs is 1. The number of benzene rings is 2. The maximum absolute atomic E-state index is 14.6. The standard InChI is InChI=1S/C28H27F2N5O4S/c29-18-3-8-25(30)23(14-18)26-2-1-11-34(26)20-9-13-35-27(15-20)24(16-31-35)28(37)32-40(38,39)22-6-4-19(5-7-22)33-12-10-21(36)17-33/h3-9,13-16,21,26,36H,1-2,10-12,17H2,(H,32,37). The molecule has 2 fully saturated rings. The van der Waals surface area contributed by atoms with Crippen molar-refractivity contribution < 1.29 is 27.1 Å². The maximum atomic E-state index is 14.6. The highest BCUT2D eigenvalue weighted by atomic mass is 32.2. The fourth-order valence-corrected chi connectivity index (χ4v) is 6.51. The first-order valence-electron chi connectivity index (χ1n) is 13.0. The van der Waals surface area contributed by atoms with Gasteiger partial charge in [-0.2, -0.15) is 5.10 Å². The molecule has 0 saturated carbocycles. The third-order valence-corrected chi connectivity index (χ3v) is 8.90. The molecule has 4 heterocycles. The van der Waals surface area contributed by atoms with Crippen molar-refractivity contribution in [2.45, 2.75) is 36.3 Å². The number of pyridine rings is 1. The SMILES string of the molecule is O=C(NS(=O)(=O)c1ccc(N2CCC(O)C2)cc1)c1cnn2ccc(N3CCCC3c3cc(F)ccc3F)cc12. The number of rotatable bonds is 6. The summed E-state index contributed by atoms with van der Waals surface area (Å²) in [7, 11) is -4.18. The number of aliphatic hydroxyl groups is 1. The van der Waals surface area contributed by atoms with E-state index in [1.165, 1.54) is 28.9 Å². The number of anilines is 2. The van der Waals surface area contributed by atoms with Gasteiger partial charge in [0.1, 0.15) is 11.6 Å². The largest absolute Gasteiger partial charge is 0.391 e. The zero-order valence-corrected chi connectivity index (χ0v) is 22.2. The van der Waals surface area contributed by atoms with E-state index in [2.05, 4.69) is 9.82 Å². The molecule has 0 spiro atoms. The first-order valence-corrected chi connectivity index (χ1v) is 14.5. The lowest BCUT2D eigenvalue weighted by Crippen LogP contribution is -2.30. The van der Waals surface area contributed by atoms with Gasteiger partial charge >= 0.3 is 0 Å². The molecule has 2 aromatic heterocycles. The Morgan fingerprint density at radius 3 is 2.55 bits per heavy atom. The number of carbonyl (C=O) groups excluding carboxylic acids is 1. The molecule has 0 radical (unpaired) electrons. The van der Waals surface area contributed by atoms with Crippen LogP contribution in [0.4, 0.5) is 20.2 Å². The van der Waals surface area contributed by atoms with Crippen molar-refractivity contribution in [1.29, 1.82) is 0 Å². The molecule has 2 aliphatic heterocycles. The summed E-state index contributed by atoms with van der Waals surface area (Å²) >= 11 is 0. The van der Waals surface area contributed by atoms with Gasteiger partial charge in [-0.1, -0.05) is 0 Å². The molecule has 4 aromatic rings. The van der Waals surface area contributed by atoms with E-state index in [0.717, 1.165) is 24.2 Å². The Balaban J connectivity index is 1.24. The second kappa shape index (κ2) is 10.2. The van der Waals surface area contributed by atoms with Crippen LogP contribution in [0.2, 0.25) is 0 Å². The number of aromatic nitrogens is 2. The van der Waals surface area contributed by atoms with Crippen LogP contribution in [0.5, 0.6) is 0 Å². The summed E-state index contributed by atoms with van der Waals surface area (Å²) < 4.78 is 58.1. The zero-order valence-electron chi connectivity index (χ0n) is 21.4. The van der Waals surface area contributed by atoms with E-state index in [1.54, 1.807) is 30.5 Å². The molecule has 0 aliphatic carbocycles.